The van der Waals surface area contributed by atoms with Crippen molar-refractivity contribution < 1.29 is 9.90 Å². The SMILES string of the molecule is CC(C)c1ccc(Cn2ccc(C(=O)O)n2)cc1. The van der Waals surface area contributed by atoms with Gasteiger partial charge in [0.1, 0.15) is 0 Å². The molecule has 0 aliphatic heterocycles. The summed E-state index contributed by atoms with van der Waals surface area (Å²) in [5.74, 6) is -0.480. The highest BCUT2D eigenvalue weighted by Crippen LogP contribution is 2.15. The molecule has 2 rings (SSSR count). The molecular formula is C14H16N2O2. The molecule has 2 aromatic rings. The Morgan fingerprint density at radius 1 is 1.28 bits per heavy atom. The van der Waals surface area contributed by atoms with E-state index in [1.54, 1.807) is 10.9 Å². The number of carboxylic acid groups (broad SMARTS) is 1. The average molecular weight is 244 g/mol. The van der Waals surface area contributed by atoms with Crippen molar-refractivity contribution in [2.45, 2.75) is 26.3 Å². The summed E-state index contributed by atoms with van der Waals surface area (Å²) in [6, 6.07) is 9.81. The van der Waals surface area contributed by atoms with Crippen molar-refractivity contribution in [3.63, 3.8) is 0 Å². The second kappa shape index (κ2) is 5.04. The summed E-state index contributed by atoms with van der Waals surface area (Å²) < 4.78 is 1.63. The smallest absolute Gasteiger partial charge is 0.356 e. The Bertz CT molecular complexity index is 541. The van der Waals surface area contributed by atoms with Crippen LogP contribution in [0, 0.1) is 0 Å². The number of hydrogen-bond acceptors (Lipinski definition) is 2. The van der Waals surface area contributed by atoms with E-state index < -0.39 is 5.97 Å². The lowest BCUT2D eigenvalue weighted by Gasteiger charge is -2.07. The fourth-order valence-corrected chi connectivity index (χ4v) is 1.76. The van der Waals surface area contributed by atoms with Gasteiger partial charge in [0.05, 0.1) is 6.54 Å². The number of carbonyl (C=O) groups is 1. The van der Waals surface area contributed by atoms with Crippen LogP contribution in [0.3, 0.4) is 0 Å². The number of aromatic carboxylic acids is 1. The van der Waals surface area contributed by atoms with E-state index >= 15 is 0 Å². The van der Waals surface area contributed by atoms with Gasteiger partial charge in [-0.1, -0.05) is 38.1 Å². The van der Waals surface area contributed by atoms with Gasteiger partial charge in [0.15, 0.2) is 5.69 Å². The number of benzene rings is 1. The summed E-state index contributed by atoms with van der Waals surface area (Å²) in [7, 11) is 0. The van der Waals surface area contributed by atoms with Gasteiger partial charge < -0.3 is 5.11 Å². The topological polar surface area (TPSA) is 55.1 Å². The first kappa shape index (κ1) is 12.4. The Hall–Kier alpha value is -2.10. The number of carboxylic acids is 1. The molecule has 0 amide bonds. The van der Waals surface area contributed by atoms with Crippen LogP contribution in [0.25, 0.3) is 0 Å². The highest BCUT2D eigenvalue weighted by molar-refractivity contribution is 5.85. The minimum absolute atomic E-state index is 0.0776. The zero-order valence-electron chi connectivity index (χ0n) is 10.5. The zero-order chi connectivity index (χ0) is 13.1. The van der Waals surface area contributed by atoms with E-state index in [0.717, 1.165) is 5.56 Å². The van der Waals surface area contributed by atoms with E-state index in [2.05, 4.69) is 43.2 Å². The van der Waals surface area contributed by atoms with Crippen LogP contribution in [0.4, 0.5) is 0 Å². The maximum Gasteiger partial charge on any atom is 0.356 e. The molecule has 4 nitrogen and oxygen atoms in total. The number of rotatable bonds is 4. The fraction of sp³-hybridized carbons (Fsp3) is 0.286. The Morgan fingerprint density at radius 3 is 2.44 bits per heavy atom. The van der Waals surface area contributed by atoms with Crippen molar-refractivity contribution in [2.75, 3.05) is 0 Å². The van der Waals surface area contributed by atoms with Crippen LogP contribution in [0.2, 0.25) is 0 Å². The lowest BCUT2D eigenvalue weighted by molar-refractivity contribution is 0.0689. The lowest BCUT2D eigenvalue weighted by atomic mass is 10.0. The largest absolute Gasteiger partial charge is 0.476 e. The van der Waals surface area contributed by atoms with Crippen molar-refractivity contribution in [3.8, 4) is 0 Å². The maximum atomic E-state index is 10.7. The minimum Gasteiger partial charge on any atom is -0.476 e. The van der Waals surface area contributed by atoms with Gasteiger partial charge in [-0.05, 0) is 23.1 Å². The standard InChI is InChI=1S/C14H16N2O2/c1-10(2)12-5-3-11(4-6-12)9-16-8-7-13(15-16)14(17)18/h3-8,10H,9H2,1-2H3,(H,17,18). The first-order valence-electron chi connectivity index (χ1n) is 5.92. The highest BCUT2D eigenvalue weighted by Gasteiger charge is 2.06. The molecule has 0 bridgehead atoms. The highest BCUT2D eigenvalue weighted by atomic mass is 16.4. The third kappa shape index (κ3) is 2.77. The molecule has 18 heavy (non-hydrogen) atoms. The monoisotopic (exact) mass is 244 g/mol. The molecule has 1 N–H and O–H groups in total. The summed E-state index contributed by atoms with van der Waals surface area (Å²) in [6.45, 7) is 4.90. The predicted octanol–water partition coefficient (Wildman–Crippen LogP) is 2.75. The summed E-state index contributed by atoms with van der Waals surface area (Å²) in [5, 5.41) is 12.8. The van der Waals surface area contributed by atoms with Gasteiger partial charge >= 0.3 is 5.97 Å². The number of nitrogens with zero attached hydrogens (tertiary/aromatic N) is 2. The quantitative estimate of drug-likeness (QED) is 0.899. The van der Waals surface area contributed by atoms with Gasteiger partial charge in [-0.25, -0.2) is 4.79 Å². The molecule has 0 aliphatic rings. The number of aromatic nitrogens is 2. The third-order valence-corrected chi connectivity index (χ3v) is 2.85. The van der Waals surface area contributed by atoms with E-state index in [-0.39, 0.29) is 5.69 Å². The average Bonchev–Trinajstić information content (AvgIpc) is 2.78. The summed E-state index contributed by atoms with van der Waals surface area (Å²) >= 11 is 0. The van der Waals surface area contributed by atoms with Gasteiger partial charge in [0, 0.05) is 6.20 Å². The molecule has 0 unspecified atom stereocenters. The molecule has 1 heterocycles. The summed E-state index contributed by atoms with van der Waals surface area (Å²) in [6.07, 6.45) is 1.68. The van der Waals surface area contributed by atoms with Crippen LogP contribution < -0.4 is 0 Å². The van der Waals surface area contributed by atoms with Crippen molar-refractivity contribution in [2.24, 2.45) is 0 Å². The van der Waals surface area contributed by atoms with E-state index in [4.69, 9.17) is 5.11 Å². The maximum absolute atomic E-state index is 10.7. The Labute approximate surface area is 106 Å². The summed E-state index contributed by atoms with van der Waals surface area (Å²) in [5.41, 5.74) is 2.48. The molecule has 0 saturated carbocycles. The Kier molecular flexibility index (Phi) is 3.46. The van der Waals surface area contributed by atoms with E-state index in [1.165, 1.54) is 11.6 Å². The molecule has 0 fully saturated rings. The third-order valence-electron chi connectivity index (χ3n) is 2.85. The number of hydrogen-bond donors (Lipinski definition) is 1. The second-order valence-electron chi connectivity index (χ2n) is 4.60. The fourth-order valence-electron chi connectivity index (χ4n) is 1.76. The first-order chi connectivity index (χ1) is 8.56. The van der Waals surface area contributed by atoms with Crippen LogP contribution in [0.5, 0.6) is 0 Å². The van der Waals surface area contributed by atoms with Gasteiger partial charge in [0.25, 0.3) is 0 Å². The van der Waals surface area contributed by atoms with Crippen LogP contribution in [-0.4, -0.2) is 20.9 Å². The van der Waals surface area contributed by atoms with Crippen molar-refractivity contribution >= 4 is 5.97 Å². The van der Waals surface area contributed by atoms with Gasteiger partial charge in [-0.15, -0.1) is 0 Å². The molecule has 4 heteroatoms. The Balaban J connectivity index is 2.10. The summed E-state index contributed by atoms with van der Waals surface area (Å²) in [4.78, 5) is 10.7. The molecule has 0 aliphatic carbocycles. The van der Waals surface area contributed by atoms with Crippen LogP contribution in [-0.2, 0) is 6.54 Å². The first-order valence-corrected chi connectivity index (χ1v) is 5.92. The molecule has 94 valence electrons. The predicted molar refractivity (Wildman–Crippen MR) is 68.8 cm³/mol. The molecule has 0 spiro atoms. The molecule has 0 atom stereocenters. The van der Waals surface area contributed by atoms with Crippen LogP contribution in [0.15, 0.2) is 36.5 Å². The van der Waals surface area contributed by atoms with E-state index in [1.807, 2.05) is 0 Å². The molecule has 0 saturated heterocycles. The minimum atomic E-state index is -0.996. The van der Waals surface area contributed by atoms with E-state index in [0.29, 0.717) is 12.5 Å². The van der Waals surface area contributed by atoms with Crippen molar-refractivity contribution in [1.29, 1.82) is 0 Å². The van der Waals surface area contributed by atoms with Crippen molar-refractivity contribution in [3.05, 3.63) is 53.3 Å². The second-order valence-corrected chi connectivity index (χ2v) is 4.60. The van der Waals surface area contributed by atoms with Crippen molar-refractivity contribution in [1.82, 2.24) is 9.78 Å². The van der Waals surface area contributed by atoms with Gasteiger partial charge in [0.2, 0.25) is 0 Å². The molecule has 0 radical (unpaired) electrons. The van der Waals surface area contributed by atoms with E-state index in [9.17, 15) is 4.79 Å². The molecular weight excluding hydrogens is 228 g/mol. The van der Waals surface area contributed by atoms with Crippen LogP contribution in [0.1, 0.15) is 41.4 Å². The molecule has 1 aromatic heterocycles. The molecule has 1 aromatic carbocycles. The van der Waals surface area contributed by atoms with Crippen LogP contribution >= 0.6 is 0 Å². The lowest BCUT2D eigenvalue weighted by Crippen LogP contribution is -2.04. The Morgan fingerprint density at radius 2 is 1.94 bits per heavy atom. The van der Waals surface area contributed by atoms with Gasteiger partial charge in [-0.3, -0.25) is 4.68 Å². The van der Waals surface area contributed by atoms with Gasteiger partial charge in [-0.2, -0.15) is 5.10 Å². The zero-order valence-corrected chi connectivity index (χ0v) is 10.5. The normalized spacial score (nSPS) is 10.8.